The minimum atomic E-state index is -0.329. The van der Waals surface area contributed by atoms with Crippen molar-refractivity contribution in [2.45, 2.75) is 45.8 Å². The lowest BCUT2D eigenvalue weighted by Crippen LogP contribution is -2.44. The molecule has 0 radical (unpaired) electrons. The van der Waals surface area contributed by atoms with Crippen LogP contribution in [0, 0.1) is 24.7 Å². The lowest BCUT2D eigenvalue weighted by Gasteiger charge is -2.46. The summed E-state index contributed by atoms with van der Waals surface area (Å²) in [5.41, 5.74) is 6.12. The summed E-state index contributed by atoms with van der Waals surface area (Å²) < 4.78 is 0. The fourth-order valence-electron chi connectivity index (χ4n) is 5.73. The highest BCUT2D eigenvalue weighted by atomic mass is 16.3. The molecule has 136 valence electrons. The van der Waals surface area contributed by atoms with Gasteiger partial charge in [-0.2, -0.15) is 0 Å². The van der Waals surface area contributed by atoms with E-state index in [-0.39, 0.29) is 35.7 Å². The topological polar surface area (TPSA) is 56.3 Å². The molecule has 3 aliphatic rings. The van der Waals surface area contributed by atoms with E-state index in [0.717, 1.165) is 18.5 Å². The average Bonchev–Trinajstić information content (AvgIpc) is 3.11. The van der Waals surface area contributed by atoms with Gasteiger partial charge in [0, 0.05) is 34.9 Å². The summed E-state index contributed by atoms with van der Waals surface area (Å²) in [6, 6.07) is 6.84. The number of carbonyl (C=O) groups excluding carboxylic acids is 1. The van der Waals surface area contributed by atoms with Crippen LogP contribution in [-0.4, -0.2) is 33.4 Å². The van der Waals surface area contributed by atoms with Crippen LogP contribution in [0.2, 0.25) is 0 Å². The van der Waals surface area contributed by atoms with Gasteiger partial charge >= 0.3 is 0 Å². The highest BCUT2D eigenvalue weighted by Gasteiger charge is 2.52. The molecule has 2 aromatic rings. The van der Waals surface area contributed by atoms with Gasteiger partial charge < -0.3 is 15.0 Å². The number of aromatic amines is 1. The Morgan fingerprint density at radius 3 is 2.92 bits per heavy atom. The number of nitrogens with one attached hydrogen (secondary N) is 1. The smallest absolute Gasteiger partial charge is 0.157 e. The molecule has 1 aromatic heterocycles. The molecular weight excluding hydrogens is 324 g/mol. The molecule has 5 atom stereocenters. The van der Waals surface area contributed by atoms with E-state index in [1.807, 2.05) is 0 Å². The number of hydrogen-bond donors (Lipinski definition) is 2. The SMILES string of the molecule is CC(=O)C1=CN2CCc3c([nH]c4ccc(C)cc34)[C@@H]2[C@@H]2[C@@H](C)[C@@H](O)C[C@H]12. The number of ketones is 1. The molecule has 3 heterocycles. The van der Waals surface area contributed by atoms with Gasteiger partial charge in [0.15, 0.2) is 5.78 Å². The molecule has 4 heteroatoms. The molecule has 1 fully saturated rings. The van der Waals surface area contributed by atoms with E-state index in [4.69, 9.17) is 0 Å². The van der Waals surface area contributed by atoms with Crippen LogP contribution in [0.15, 0.2) is 30.0 Å². The molecule has 0 bridgehead atoms. The molecule has 1 aromatic carbocycles. The van der Waals surface area contributed by atoms with E-state index in [1.54, 1.807) is 6.92 Å². The second kappa shape index (κ2) is 5.46. The Hall–Kier alpha value is -2.07. The van der Waals surface area contributed by atoms with E-state index in [1.165, 1.54) is 27.7 Å². The van der Waals surface area contributed by atoms with Crippen LogP contribution >= 0.6 is 0 Å². The number of rotatable bonds is 1. The Bertz CT molecular complexity index is 941. The van der Waals surface area contributed by atoms with Crippen LogP contribution in [0.1, 0.15) is 43.1 Å². The number of aryl methyl sites for hydroxylation is 1. The van der Waals surface area contributed by atoms with Gasteiger partial charge in [-0.1, -0.05) is 18.6 Å². The number of Topliss-reactive ketones (excluding diaryl/α,β-unsaturated/α-hetero) is 1. The van der Waals surface area contributed by atoms with Crippen LogP contribution < -0.4 is 0 Å². The Kier molecular flexibility index (Phi) is 3.39. The predicted molar refractivity (Wildman–Crippen MR) is 102 cm³/mol. The molecule has 5 rings (SSSR count). The Labute approximate surface area is 153 Å². The second-order valence-corrected chi connectivity index (χ2v) is 8.49. The number of nitrogens with zero attached hydrogens (tertiary/aromatic N) is 1. The number of hydrogen-bond acceptors (Lipinski definition) is 3. The fraction of sp³-hybridized carbons (Fsp3) is 0.500. The molecule has 1 saturated carbocycles. The maximum atomic E-state index is 12.3. The highest BCUT2D eigenvalue weighted by Crippen LogP contribution is 2.54. The number of aliphatic hydroxyl groups excluding tert-OH is 1. The summed E-state index contributed by atoms with van der Waals surface area (Å²) >= 11 is 0. The number of allylic oxidation sites excluding steroid dienone is 1. The van der Waals surface area contributed by atoms with Crippen molar-refractivity contribution in [2.24, 2.45) is 17.8 Å². The molecule has 2 N–H and O–H groups in total. The summed E-state index contributed by atoms with van der Waals surface area (Å²) in [6.45, 7) is 6.89. The molecular formula is C22H26N2O2. The lowest BCUT2D eigenvalue weighted by atomic mass is 9.73. The van der Waals surface area contributed by atoms with E-state index in [0.29, 0.717) is 6.42 Å². The van der Waals surface area contributed by atoms with Gasteiger partial charge in [-0.05, 0) is 62.1 Å². The summed E-state index contributed by atoms with van der Waals surface area (Å²) in [5, 5.41) is 11.9. The maximum Gasteiger partial charge on any atom is 0.157 e. The molecule has 0 amide bonds. The third-order valence-corrected chi connectivity index (χ3v) is 7.02. The average molecular weight is 350 g/mol. The Balaban J connectivity index is 1.70. The summed E-state index contributed by atoms with van der Waals surface area (Å²) in [7, 11) is 0. The largest absolute Gasteiger partial charge is 0.393 e. The first-order valence-corrected chi connectivity index (χ1v) is 9.73. The van der Waals surface area contributed by atoms with E-state index in [9.17, 15) is 9.90 Å². The summed E-state index contributed by atoms with van der Waals surface area (Å²) in [4.78, 5) is 18.3. The summed E-state index contributed by atoms with van der Waals surface area (Å²) in [5.74, 6) is 0.785. The van der Waals surface area contributed by atoms with Gasteiger partial charge in [0.25, 0.3) is 0 Å². The second-order valence-electron chi connectivity index (χ2n) is 8.49. The monoisotopic (exact) mass is 350 g/mol. The van der Waals surface area contributed by atoms with Crippen LogP contribution in [0.3, 0.4) is 0 Å². The van der Waals surface area contributed by atoms with Crippen LogP contribution in [0.4, 0.5) is 0 Å². The number of aromatic nitrogens is 1. The van der Waals surface area contributed by atoms with Crippen molar-refractivity contribution in [3.05, 3.63) is 46.8 Å². The molecule has 4 nitrogen and oxygen atoms in total. The predicted octanol–water partition coefficient (Wildman–Crippen LogP) is 3.50. The maximum absolute atomic E-state index is 12.3. The first kappa shape index (κ1) is 16.1. The first-order chi connectivity index (χ1) is 12.5. The van der Waals surface area contributed by atoms with Crippen LogP contribution in [0.25, 0.3) is 10.9 Å². The van der Waals surface area contributed by atoms with Crippen molar-refractivity contribution in [2.75, 3.05) is 6.54 Å². The number of H-pyrrole nitrogens is 1. The van der Waals surface area contributed by atoms with Gasteiger partial charge in [-0.3, -0.25) is 4.79 Å². The van der Waals surface area contributed by atoms with Crippen LogP contribution in [0.5, 0.6) is 0 Å². The van der Waals surface area contributed by atoms with Gasteiger partial charge in [0.2, 0.25) is 0 Å². The minimum absolute atomic E-state index is 0.151. The number of benzene rings is 1. The molecule has 26 heavy (non-hydrogen) atoms. The van der Waals surface area contributed by atoms with E-state index >= 15 is 0 Å². The van der Waals surface area contributed by atoms with Crippen molar-refractivity contribution in [1.29, 1.82) is 0 Å². The number of fused-ring (bicyclic) bond motifs is 7. The molecule has 2 aliphatic heterocycles. The van der Waals surface area contributed by atoms with E-state index in [2.05, 4.69) is 48.1 Å². The van der Waals surface area contributed by atoms with Crippen molar-refractivity contribution in [1.82, 2.24) is 9.88 Å². The van der Waals surface area contributed by atoms with Gasteiger partial charge in [-0.15, -0.1) is 0 Å². The third-order valence-electron chi connectivity index (χ3n) is 7.02. The number of carbonyl (C=O) groups is 1. The highest BCUT2D eigenvalue weighted by molar-refractivity contribution is 5.94. The fourth-order valence-corrected chi connectivity index (χ4v) is 5.73. The van der Waals surface area contributed by atoms with E-state index < -0.39 is 0 Å². The summed E-state index contributed by atoms with van der Waals surface area (Å²) in [6.07, 6.45) is 3.46. The van der Waals surface area contributed by atoms with Crippen molar-refractivity contribution in [3.63, 3.8) is 0 Å². The molecule has 0 saturated heterocycles. The zero-order chi connectivity index (χ0) is 18.2. The Morgan fingerprint density at radius 1 is 1.35 bits per heavy atom. The third kappa shape index (κ3) is 2.08. The van der Waals surface area contributed by atoms with Gasteiger partial charge in [0.05, 0.1) is 12.1 Å². The standard InChI is InChI=1S/C22H26N2O2/c1-11-4-5-18-15(8-11)14-6-7-24-10-17(13(3)25)16-9-19(26)12(2)20(16)22(24)21(14)23-18/h4-5,8,10,12,16,19-20,22-23,26H,6-7,9H2,1-3H3/t12-,16+,19-,20+,22-/m0/s1. The first-order valence-electron chi connectivity index (χ1n) is 9.73. The zero-order valence-electron chi connectivity index (χ0n) is 15.6. The van der Waals surface area contributed by atoms with Crippen LogP contribution in [-0.2, 0) is 11.2 Å². The molecule has 0 spiro atoms. The molecule has 0 unspecified atom stereocenters. The zero-order valence-corrected chi connectivity index (χ0v) is 15.6. The van der Waals surface area contributed by atoms with Crippen molar-refractivity contribution >= 4 is 16.7 Å². The molecule has 1 aliphatic carbocycles. The van der Waals surface area contributed by atoms with Crippen molar-refractivity contribution in [3.8, 4) is 0 Å². The quantitative estimate of drug-likeness (QED) is 0.828. The van der Waals surface area contributed by atoms with Gasteiger partial charge in [-0.25, -0.2) is 0 Å². The van der Waals surface area contributed by atoms with Crippen molar-refractivity contribution < 1.29 is 9.90 Å². The normalized spacial score (nSPS) is 32.8. The Morgan fingerprint density at radius 2 is 2.15 bits per heavy atom. The number of aliphatic hydroxyl groups is 1. The van der Waals surface area contributed by atoms with Gasteiger partial charge in [0.1, 0.15) is 0 Å². The lowest BCUT2D eigenvalue weighted by molar-refractivity contribution is -0.114. The minimum Gasteiger partial charge on any atom is -0.393 e.